The molecular weight excluding hydrogens is 356 g/mol. The van der Waals surface area contributed by atoms with E-state index in [0.29, 0.717) is 34.0 Å². The van der Waals surface area contributed by atoms with Crippen LogP contribution in [-0.2, 0) is 0 Å². The lowest BCUT2D eigenvalue weighted by atomic mass is 10.2. The molecule has 0 radical (unpaired) electrons. The number of rotatable bonds is 6. The first-order valence-electron chi connectivity index (χ1n) is 8.38. The SMILES string of the molecule is COc1ccc(NC(=O)c2cncc(Nc3cccc(C#N)c3)c2)c(OC)c1. The minimum absolute atomic E-state index is 0.328. The summed E-state index contributed by atoms with van der Waals surface area (Å²) in [6.45, 7) is 0. The van der Waals surface area contributed by atoms with E-state index in [2.05, 4.69) is 21.7 Å². The summed E-state index contributed by atoms with van der Waals surface area (Å²) in [6, 6.07) is 15.9. The maximum atomic E-state index is 12.6. The molecule has 2 N–H and O–H groups in total. The second-order valence-electron chi connectivity index (χ2n) is 5.80. The Bertz CT molecular complexity index is 1040. The molecule has 0 aliphatic rings. The Morgan fingerprint density at radius 2 is 1.89 bits per heavy atom. The van der Waals surface area contributed by atoms with Crippen LogP contribution in [0.2, 0.25) is 0 Å². The van der Waals surface area contributed by atoms with Gasteiger partial charge in [-0.25, -0.2) is 0 Å². The maximum Gasteiger partial charge on any atom is 0.257 e. The molecule has 1 amide bonds. The molecule has 0 unspecified atom stereocenters. The summed E-state index contributed by atoms with van der Waals surface area (Å²) in [4.78, 5) is 16.7. The monoisotopic (exact) mass is 374 g/mol. The molecule has 3 rings (SSSR count). The summed E-state index contributed by atoms with van der Waals surface area (Å²) in [5, 5.41) is 14.9. The van der Waals surface area contributed by atoms with Gasteiger partial charge in [0.05, 0.1) is 49.0 Å². The van der Waals surface area contributed by atoms with Gasteiger partial charge in [0.2, 0.25) is 0 Å². The first kappa shape index (κ1) is 18.7. The summed E-state index contributed by atoms with van der Waals surface area (Å²) < 4.78 is 10.5. The summed E-state index contributed by atoms with van der Waals surface area (Å²) in [6.07, 6.45) is 3.08. The van der Waals surface area contributed by atoms with Gasteiger partial charge in [0.25, 0.3) is 5.91 Å². The zero-order chi connectivity index (χ0) is 19.9. The Morgan fingerprint density at radius 1 is 1.04 bits per heavy atom. The average Bonchev–Trinajstić information content (AvgIpc) is 2.74. The predicted molar refractivity (Wildman–Crippen MR) is 106 cm³/mol. The topological polar surface area (TPSA) is 96.3 Å². The number of nitrogens with zero attached hydrogens (tertiary/aromatic N) is 2. The first-order chi connectivity index (χ1) is 13.6. The van der Waals surface area contributed by atoms with E-state index in [4.69, 9.17) is 14.7 Å². The molecule has 0 fully saturated rings. The van der Waals surface area contributed by atoms with E-state index in [1.165, 1.54) is 13.3 Å². The van der Waals surface area contributed by atoms with Crippen LogP contribution in [-0.4, -0.2) is 25.1 Å². The van der Waals surface area contributed by atoms with Gasteiger partial charge >= 0.3 is 0 Å². The average molecular weight is 374 g/mol. The van der Waals surface area contributed by atoms with Crippen LogP contribution in [0.1, 0.15) is 15.9 Å². The van der Waals surface area contributed by atoms with Gasteiger partial charge in [-0.15, -0.1) is 0 Å². The van der Waals surface area contributed by atoms with E-state index in [9.17, 15) is 4.79 Å². The van der Waals surface area contributed by atoms with Crippen LogP contribution < -0.4 is 20.1 Å². The van der Waals surface area contributed by atoms with Crippen molar-refractivity contribution in [2.24, 2.45) is 0 Å². The van der Waals surface area contributed by atoms with Crippen LogP contribution in [0.25, 0.3) is 0 Å². The zero-order valence-electron chi connectivity index (χ0n) is 15.4. The highest BCUT2D eigenvalue weighted by Crippen LogP contribution is 2.29. The molecule has 0 aliphatic carbocycles. The third-order valence-electron chi connectivity index (χ3n) is 3.94. The normalized spacial score (nSPS) is 9.89. The number of carbonyl (C=O) groups is 1. The van der Waals surface area contributed by atoms with Crippen molar-refractivity contribution in [3.8, 4) is 17.6 Å². The summed E-state index contributed by atoms with van der Waals surface area (Å²) in [5.41, 5.74) is 2.80. The molecule has 0 atom stereocenters. The van der Waals surface area contributed by atoms with Crippen molar-refractivity contribution < 1.29 is 14.3 Å². The van der Waals surface area contributed by atoms with Gasteiger partial charge in [0.15, 0.2) is 0 Å². The molecule has 3 aromatic rings. The van der Waals surface area contributed by atoms with Crippen LogP contribution in [0.15, 0.2) is 60.9 Å². The first-order valence-corrected chi connectivity index (χ1v) is 8.38. The van der Waals surface area contributed by atoms with E-state index in [1.54, 1.807) is 55.8 Å². The summed E-state index contributed by atoms with van der Waals surface area (Å²) >= 11 is 0. The fraction of sp³-hybridized carbons (Fsp3) is 0.0952. The van der Waals surface area contributed by atoms with Crippen molar-refractivity contribution in [3.05, 3.63) is 72.1 Å². The van der Waals surface area contributed by atoms with E-state index >= 15 is 0 Å². The van der Waals surface area contributed by atoms with Crippen molar-refractivity contribution in [2.45, 2.75) is 0 Å². The molecule has 1 heterocycles. The predicted octanol–water partition coefficient (Wildman–Crippen LogP) is 3.97. The Balaban J connectivity index is 1.78. The second-order valence-corrected chi connectivity index (χ2v) is 5.80. The maximum absolute atomic E-state index is 12.6. The molecule has 0 saturated heterocycles. The lowest BCUT2D eigenvalue weighted by Gasteiger charge is -2.12. The Labute approximate surface area is 162 Å². The van der Waals surface area contributed by atoms with Gasteiger partial charge in [0, 0.05) is 18.0 Å². The quantitative estimate of drug-likeness (QED) is 0.678. The Morgan fingerprint density at radius 3 is 2.64 bits per heavy atom. The highest BCUT2D eigenvalue weighted by molar-refractivity contribution is 6.05. The third kappa shape index (κ3) is 4.37. The van der Waals surface area contributed by atoms with Crippen LogP contribution in [0, 0.1) is 11.3 Å². The largest absolute Gasteiger partial charge is 0.497 e. The number of anilines is 3. The number of aromatic nitrogens is 1. The van der Waals surface area contributed by atoms with Crippen molar-refractivity contribution >= 4 is 23.0 Å². The summed E-state index contributed by atoms with van der Waals surface area (Å²) in [5.74, 6) is 0.788. The standard InChI is InChI=1S/C21H18N4O3/c1-27-18-6-7-19(20(10-18)28-2)25-21(26)15-9-17(13-23-12-15)24-16-5-3-4-14(8-16)11-22/h3-10,12-13,24H,1-2H3,(H,25,26). The number of amides is 1. The number of nitriles is 1. The van der Waals surface area contributed by atoms with Crippen LogP contribution in [0.4, 0.5) is 17.1 Å². The number of hydrogen-bond donors (Lipinski definition) is 2. The molecule has 7 nitrogen and oxygen atoms in total. The number of pyridine rings is 1. The van der Waals surface area contributed by atoms with Crippen LogP contribution >= 0.6 is 0 Å². The van der Waals surface area contributed by atoms with E-state index in [-0.39, 0.29) is 5.91 Å². The molecule has 2 aromatic carbocycles. The Hall–Kier alpha value is -4.05. The molecule has 0 saturated carbocycles. The minimum Gasteiger partial charge on any atom is -0.497 e. The van der Waals surface area contributed by atoms with Crippen LogP contribution in [0.3, 0.4) is 0 Å². The number of benzene rings is 2. The second kappa shape index (κ2) is 8.56. The highest BCUT2D eigenvalue weighted by atomic mass is 16.5. The van der Waals surface area contributed by atoms with E-state index in [0.717, 1.165) is 5.69 Å². The Kier molecular flexibility index (Phi) is 5.72. The fourth-order valence-corrected chi connectivity index (χ4v) is 2.56. The van der Waals surface area contributed by atoms with Gasteiger partial charge in [-0.1, -0.05) is 6.07 Å². The van der Waals surface area contributed by atoms with Crippen LogP contribution in [0.5, 0.6) is 11.5 Å². The number of methoxy groups -OCH3 is 2. The van der Waals surface area contributed by atoms with Crippen molar-refractivity contribution in [1.82, 2.24) is 4.98 Å². The van der Waals surface area contributed by atoms with E-state index < -0.39 is 0 Å². The number of nitrogens with one attached hydrogen (secondary N) is 2. The molecule has 1 aromatic heterocycles. The number of ether oxygens (including phenoxy) is 2. The smallest absolute Gasteiger partial charge is 0.257 e. The molecule has 140 valence electrons. The van der Waals surface area contributed by atoms with Gasteiger partial charge in [-0.2, -0.15) is 5.26 Å². The van der Waals surface area contributed by atoms with Crippen molar-refractivity contribution in [1.29, 1.82) is 5.26 Å². The van der Waals surface area contributed by atoms with Gasteiger partial charge in [-0.3, -0.25) is 9.78 Å². The third-order valence-corrected chi connectivity index (χ3v) is 3.94. The van der Waals surface area contributed by atoms with Gasteiger partial charge in [0.1, 0.15) is 11.5 Å². The molecule has 0 spiro atoms. The molecule has 7 heteroatoms. The van der Waals surface area contributed by atoms with Gasteiger partial charge < -0.3 is 20.1 Å². The van der Waals surface area contributed by atoms with E-state index in [1.807, 2.05) is 6.07 Å². The number of hydrogen-bond acceptors (Lipinski definition) is 6. The van der Waals surface area contributed by atoms with Crippen molar-refractivity contribution in [3.63, 3.8) is 0 Å². The lowest BCUT2D eigenvalue weighted by Crippen LogP contribution is -2.13. The fourth-order valence-electron chi connectivity index (χ4n) is 2.56. The molecular formula is C21H18N4O3. The minimum atomic E-state index is -0.328. The molecule has 28 heavy (non-hydrogen) atoms. The molecule has 0 bridgehead atoms. The molecule has 0 aliphatic heterocycles. The zero-order valence-corrected chi connectivity index (χ0v) is 15.4. The van der Waals surface area contributed by atoms with Crippen molar-refractivity contribution in [2.75, 3.05) is 24.9 Å². The number of carbonyl (C=O) groups excluding carboxylic acids is 1. The highest BCUT2D eigenvalue weighted by Gasteiger charge is 2.12. The van der Waals surface area contributed by atoms with Gasteiger partial charge in [-0.05, 0) is 36.4 Å². The lowest BCUT2D eigenvalue weighted by molar-refractivity contribution is 0.102. The summed E-state index contributed by atoms with van der Waals surface area (Å²) in [7, 11) is 3.08.